The Bertz CT molecular complexity index is 736. The number of hydrogen-bond acceptors (Lipinski definition) is 3. The summed E-state index contributed by atoms with van der Waals surface area (Å²) in [6, 6.07) is 0. The molecule has 0 spiro atoms. The molecule has 0 unspecified atom stereocenters. The molecule has 0 heterocycles. The van der Waals surface area contributed by atoms with Crippen molar-refractivity contribution in [1.82, 2.24) is 0 Å². The fourth-order valence-electron chi connectivity index (χ4n) is 8.23. The van der Waals surface area contributed by atoms with Gasteiger partial charge in [-0.15, -0.1) is 0 Å². The molecule has 0 aromatic carbocycles. The summed E-state index contributed by atoms with van der Waals surface area (Å²) < 4.78 is 0. The Morgan fingerprint density at radius 2 is 1.80 bits per heavy atom. The van der Waals surface area contributed by atoms with Crippen LogP contribution in [0, 0.1) is 46.3 Å². The highest BCUT2D eigenvalue weighted by Gasteiger charge is 2.60. The van der Waals surface area contributed by atoms with E-state index in [9.17, 15) is 15.0 Å². The van der Waals surface area contributed by atoms with Crippen molar-refractivity contribution in [2.75, 3.05) is 0 Å². The number of allylic oxidation sites excluding steroid dienone is 2. The van der Waals surface area contributed by atoms with Gasteiger partial charge in [-0.2, -0.15) is 0 Å². The van der Waals surface area contributed by atoms with E-state index in [0.717, 1.165) is 24.8 Å². The third kappa shape index (κ3) is 3.45. The lowest BCUT2D eigenvalue weighted by Gasteiger charge is -2.59. The first-order chi connectivity index (χ1) is 14.1. The van der Waals surface area contributed by atoms with Gasteiger partial charge in [-0.25, -0.2) is 0 Å². The second-order valence-corrected chi connectivity index (χ2v) is 11.8. The summed E-state index contributed by atoms with van der Waals surface area (Å²) in [6.45, 7) is 11.1. The topological polar surface area (TPSA) is 57.5 Å². The van der Waals surface area contributed by atoms with E-state index in [2.05, 4.69) is 26.8 Å². The first kappa shape index (κ1) is 22.3. The molecule has 3 fully saturated rings. The SMILES string of the molecule is CC(C)C(=O)/C=C/[C@@H](C)[C@H]1CC[C@H]2[C@@H]3C[C@@H](O)C4=C[C@@H](O)CC[C@]4(C)[C@H]3CC[C@]12C. The summed E-state index contributed by atoms with van der Waals surface area (Å²) in [7, 11) is 0. The molecular weight excluding hydrogens is 372 g/mol. The van der Waals surface area contributed by atoms with Crippen LogP contribution in [0.5, 0.6) is 0 Å². The minimum atomic E-state index is -0.395. The maximum absolute atomic E-state index is 12.1. The fraction of sp³-hybridized carbons (Fsp3) is 0.815. The smallest absolute Gasteiger partial charge is 0.157 e. The van der Waals surface area contributed by atoms with Gasteiger partial charge in [0.15, 0.2) is 5.78 Å². The number of carbonyl (C=O) groups excluding carboxylic acids is 1. The largest absolute Gasteiger partial charge is 0.389 e. The summed E-state index contributed by atoms with van der Waals surface area (Å²) in [5.74, 6) is 3.21. The maximum atomic E-state index is 12.1. The first-order valence-corrected chi connectivity index (χ1v) is 12.4. The van der Waals surface area contributed by atoms with Gasteiger partial charge in [0.25, 0.3) is 0 Å². The van der Waals surface area contributed by atoms with Gasteiger partial charge in [0.1, 0.15) is 0 Å². The lowest BCUT2D eigenvalue weighted by Crippen LogP contribution is -2.54. The Labute approximate surface area is 183 Å². The standard InChI is InChI=1S/C27H42O3/c1-16(2)24(29)9-6-17(3)20-7-8-21-19-15-25(30)23-14-18(28)10-12-27(23,5)22(19)11-13-26(20,21)4/h6,9,14,16-22,25,28,30H,7-8,10-13,15H2,1-5H3/b9-6+/t17-,18+,19+,20-,21+,22+,25-,26-,27-/m1/s1. The number of carbonyl (C=O) groups is 1. The van der Waals surface area contributed by atoms with E-state index < -0.39 is 6.10 Å². The number of aliphatic hydroxyl groups excluding tert-OH is 2. The van der Waals surface area contributed by atoms with Gasteiger partial charge in [0, 0.05) is 5.92 Å². The van der Waals surface area contributed by atoms with Crippen LogP contribution in [0.25, 0.3) is 0 Å². The number of hydrogen-bond donors (Lipinski definition) is 2. The zero-order valence-corrected chi connectivity index (χ0v) is 19.6. The Morgan fingerprint density at radius 1 is 1.07 bits per heavy atom. The molecule has 4 aliphatic rings. The third-order valence-electron chi connectivity index (χ3n) is 9.94. The molecular formula is C27H42O3. The quantitative estimate of drug-likeness (QED) is 0.484. The first-order valence-electron chi connectivity index (χ1n) is 12.4. The number of ketones is 1. The molecule has 0 radical (unpaired) electrons. The number of aliphatic hydroxyl groups is 2. The molecule has 3 nitrogen and oxygen atoms in total. The van der Waals surface area contributed by atoms with Crippen molar-refractivity contribution >= 4 is 5.78 Å². The molecule has 3 heteroatoms. The lowest BCUT2D eigenvalue weighted by atomic mass is 9.46. The van der Waals surface area contributed by atoms with Gasteiger partial charge in [0.2, 0.25) is 0 Å². The van der Waals surface area contributed by atoms with E-state index in [1.54, 1.807) is 0 Å². The Morgan fingerprint density at radius 3 is 2.50 bits per heavy atom. The van der Waals surface area contributed by atoms with Gasteiger partial charge in [-0.05, 0) is 97.0 Å². The van der Waals surface area contributed by atoms with Crippen LogP contribution in [0.4, 0.5) is 0 Å². The van der Waals surface area contributed by atoms with Gasteiger partial charge >= 0.3 is 0 Å². The molecule has 0 saturated heterocycles. The average molecular weight is 415 g/mol. The van der Waals surface area contributed by atoms with Crippen LogP contribution in [0.1, 0.15) is 79.6 Å². The minimum absolute atomic E-state index is 0.0518. The molecule has 168 valence electrons. The zero-order valence-electron chi connectivity index (χ0n) is 19.6. The summed E-state index contributed by atoms with van der Waals surface area (Å²) in [6.07, 6.45) is 12.9. The maximum Gasteiger partial charge on any atom is 0.157 e. The van der Waals surface area contributed by atoms with Crippen LogP contribution >= 0.6 is 0 Å². The monoisotopic (exact) mass is 414 g/mol. The van der Waals surface area contributed by atoms with Crippen molar-refractivity contribution in [3.63, 3.8) is 0 Å². The number of rotatable bonds is 4. The highest BCUT2D eigenvalue weighted by atomic mass is 16.3. The van der Waals surface area contributed by atoms with Crippen LogP contribution in [0.3, 0.4) is 0 Å². The van der Waals surface area contributed by atoms with E-state index in [1.807, 2.05) is 26.0 Å². The summed E-state index contributed by atoms with van der Waals surface area (Å²) >= 11 is 0. The molecule has 0 bridgehead atoms. The molecule has 2 N–H and O–H groups in total. The molecule has 0 amide bonds. The van der Waals surface area contributed by atoms with E-state index in [-0.39, 0.29) is 23.2 Å². The molecule has 0 aliphatic heterocycles. The van der Waals surface area contributed by atoms with E-state index in [1.165, 1.54) is 25.7 Å². The van der Waals surface area contributed by atoms with E-state index >= 15 is 0 Å². The van der Waals surface area contributed by atoms with E-state index in [0.29, 0.717) is 35.0 Å². The van der Waals surface area contributed by atoms with Gasteiger partial charge in [-0.3, -0.25) is 4.79 Å². The molecule has 0 aromatic heterocycles. The van der Waals surface area contributed by atoms with Crippen LogP contribution in [-0.2, 0) is 4.79 Å². The van der Waals surface area contributed by atoms with Crippen molar-refractivity contribution in [3.8, 4) is 0 Å². The van der Waals surface area contributed by atoms with E-state index in [4.69, 9.17) is 0 Å². The molecule has 3 saturated carbocycles. The van der Waals surface area contributed by atoms with Crippen LogP contribution in [0.15, 0.2) is 23.8 Å². The molecule has 30 heavy (non-hydrogen) atoms. The van der Waals surface area contributed by atoms with Gasteiger partial charge < -0.3 is 10.2 Å². The van der Waals surface area contributed by atoms with Crippen LogP contribution < -0.4 is 0 Å². The summed E-state index contributed by atoms with van der Waals surface area (Å²) in [4.78, 5) is 12.1. The Kier molecular flexibility index (Phi) is 5.85. The molecule has 4 rings (SSSR count). The Balaban J connectivity index is 1.56. The van der Waals surface area contributed by atoms with Gasteiger partial charge in [-0.1, -0.05) is 46.8 Å². The fourth-order valence-corrected chi connectivity index (χ4v) is 8.23. The average Bonchev–Trinajstić information content (AvgIpc) is 3.04. The lowest BCUT2D eigenvalue weighted by molar-refractivity contribution is -0.117. The highest BCUT2D eigenvalue weighted by Crippen LogP contribution is 2.67. The summed E-state index contributed by atoms with van der Waals surface area (Å²) in [5.41, 5.74) is 1.48. The van der Waals surface area contributed by atoms with Crippen LogP contribution in [-0.4, -0.2) is 28.2 Å². The molecule has 4 aliphatic carbocycles. The van der Waals surface area contributed by atoms with Crippen molar-refractivity contribution in [2.45, 2.75) is 91.8 Å². The van der Waals surface area contributed by atoms with Crippen molar-refractivity contribution < 1.29 is 15.0 Å². The molecule has 0 aromatic rings. The third-order valence-corrected chi connectivity index (χ3v) is 9.94. The molecule has 9 atom stereocenters. The zero-order chi connectivity index (χ0) is 21.8. The van der Waals surface area contributed by atoms with Crippen molar-refractivity contribution in [1.29, 1.82) is 0 Å². The van der Waals surface area contributed by atoms with Crippen molar-refractivity contribution in [2.24, 2.45) is 46.3 Å². The predicted molar refractivity (Wildman–Crippen MR) is 121 cm³/mol. The predicted octanol–water partition coefficient (Wildman–Crippen LogP) is 5.31. The van der Waals surface area contributed by atoms with Crippen LogP contribution in [0.2, 0.25) is 0 Å². The second kappa shape index (κ2) is 7.89. The summed E-state index contributed by atoms with van der Waals surface area (Å²) in [5, 5.41) is 21.2. The minimum Gasteiger partial charge on any atom is -0.389 e. The second-order valence-electron chi connectivity index (χ2n) is 11.8. The number of fused-ring (bicyclic) bond motifs is 5. The normalized spacial score (nSPS) is 46.9. The van der Waals surface area contributed by atoms with Crippen molar-refractivity contribution in [3.05, 3.63) is 23.8 Å². The Hall–Kier alpha value is -0.930. The van der Waals surface area contributed by atoms with Gasteiger partial charge in [0.05, 0.1) is 12.2 Å². The highest BCUT2D eigenvalue weighted by molar-refractivity contribution is 5.91.